The molecule has 6 nitrogen and oxygen atoms in total. The van der Waals surface area contributed by atoms with Gasteiger partial charge in [-0.2, -0.15) is 0 Å². The van der Waals surface area contributed by atoms with Gasteiger partial charge >= 0.3 is 0 Å². The maximum atomic E-state index is 9.99. The van der Waals surface area contributed by atoms with Crippen molar-refractivity contribution in [1.82, 2.24) is 0 Å². The van der Waals surface area contributed by atoms with Crippen LogP contribution in [0.1, 0.15) is 26.7 Å². The summed E-state index contributed by atoms with van der Waals surface area (Å²) in [6.45, 7) is 3.67. The number of hydrogen-bond acceptors (Lipinski definition) is 7. The van der Waals surface area contributed by atoms with Crippen LogP contribution in [0.25, 0.3) is 0 Å². The average Bonchev–Trinajstić information content (AvgIpc) is 2.23. The van der Waals surface area contributed by atoms with Crippen molar-refractivity contribution >= 4 is 11.8 Å². The van der Waals surface area contributed by atoms with Gasteiger partial charge in [0.15, 0.2) is 4.93 Å². The van der Waals surface area contributed by atoms with Crippen molar-refractivity contribution in [2.45, 2.75) is 49.3 Å². The lowest BCUT2D eigenvalue weighted by Gasteiger charge is -2.53. The van der Waals surface area contributed by atoms with Gasteiger partial charge in [0, 0.05) is 6.61 Å². The molecule has 0 aromatic carbocycles. The number of rotatable bonds is 4. The zero-order valence-corrected chi connectivity index (χ0v) is 10.8. The second-order valence-corrected chi connectivity index (χ2v) is 5.60. The fraction of sp³-hybridized carbons (Fsp3) is 1.00. The molecule has 0 saturated heterocycles. The van der Waals surface area contributed by atoms with Crippen LogP contribution in [0.4, 0.5) is 0 Å². The molecule has 0 aromatic heterocycles. The Morgan fingerprint density at radius 1 is 1.24 bits per heavy atom. The van der Waals surface area contributed by atoms with E-state index in [4.69, 9.17) is 4.74 Å². The van der Waals surface area contributed by atoms with Crippen LogP contribution in [0.2, 0.25) is 0 Å². The Hall–Kier alpha value is 0.110. The third-order valence-electron chi connectivity index (χ3n) is 3.01. The highest BCUT2D eigenvalue weighted by atomic mass is 32.2. The molecule has 7 heteroatoms. The van der Waals surface area contributed by atoms with E-state index in [0.717, 1.165) is 11.8 Å². The molecule has 0 spiro atoms. The van der Waals surface area contributed by atoms with E-state index in [1.165, 1.54) is 0 Å². The fourth-order valence-corrected chi connectivity index (χ4v) is 3.35. The maximum absolute atomic E-state index is 9.99. The summed E-state index contributed by atoms with van der Waals surface area (Å²) >= 11 is 1.08. The first-order chi connectivity index (χ1) is 7.75. The molecule has 17 heavy (non-hydrogen) atoms. The normalized spacial score (nSPS) is 35.8. The van der Waals surface area contributed by atoms with Crippen molar-refractivity contribution in [3.05, 3.63) is 0 Å². The zero-order valence-electron chi connectivity index (χ0n) is 9.96. The van der Waals surface area contributed by atoms with Crippen LogP contribution in [0.15, 0.2) is 0 Å². The minimum atomic E-state index is -3.01. The monoisotopic (exact) mass is 268 g/mol. The van der Waals surface area contributed by atoms with Gasteiger partial charge in [-0.1, -0.05) is 6.92 Å². The van der Waals surface area contributed by atoms with Crippen molar-refractivity contribution in [2.24, 2.45) is 0 Å². The Labute approximate surface area is 104 Å². The Bertz CT molecular complexity index is 262. The molecule has 0 radical (unpaired) electrons. The molecule has 0 aromatic rings. The van der Waals surface area contributed by atoms with Crippen molar-refractivity contribution in [3.8, 4) is 0 Å². The summed E-state index contributed by atoms with van der Waals surface area (Å²) in [5, 5.41) is 48.8. The number of thioether (sulfide) groups is 1. The number of hydrogen-bond donors (Lipinski definition) is 5. The van der Waals surface area contributed by atoms with Gasteiger partial charge < -0.3 is 30.3 Å². The van der Waals surface area contributed by atoms with Crippen LogP contribution >= 0.6 is 11.8 Å². The summed E-state index contributed by atoms with van der Waals surface area (Å²) in [5.74, 6) is -5.44. The van der Waals surface area contributed by atoms with E-state index >= 15 is 0 Å². The predicted octanol–water partition coefficient (Wildman–Crippen LogP) is -1.01. The third-order valence-corrected chi connectivity index (χ3v) is 4.37. The Kier molecular flexibility index (Phi) is 4.47. The highest BCUT2D eigenvalue weighted by Gasteiger charge is 2.68. The van der Waals surface area contributed by atoms with E-state index in [9.17, 15) is 25.5 Å². The minimum Gasteiger partial charge on any atom is -0.387 e. The molecular weight excluding hydrogens is 248 g/mol. The summed E-state index contributed by atoms with van der Waals surface area (Å²) in [6.07, 6.45) is -1.48. The molecule has 1 aliphatic carbocycles. The van der Waals surface area contributed by atoms with Crippen LogP contribution in [0.5, 0.6) is 0 Å². The molecule has 1 aliphatic rings. The van der Waals surface area contributed by atoms with Gasteiger partial charge in [-0.05, 0) is 25.5 Å². The summed E-state index contributed by atoms with van der Waals surface area (Å²) in [5.41, 5.74) is 0. The molecular formula is C10H20O6S. The van der Waals surface area contributed by atoms with Crippen LogP contribution in [0, 0.1) is 0 Å². The number of aliphatic hydroxyl groups excluding tert-OH is 1. The second kappa shape index (κ2) is 5.00. The molecule has 1 saturated carbocycles. The molecule has 0 aliphatic heterocycles. The maximum Gasteiger partial charge on any atom is 0.261 e. The van der Waals surface area contributed by atoms with Gasteiger partial charge in [0.1, 0.15) is 6.10 Å². The molecule has 102 valence electrons. The first-order valence-electron chi connectivity index (χ1n) is 5.60. The van der Waals surface area contributed by atoms with E-state index in [0.29, 0.717) is 5.75 Å². The molecule has 5 N–H and O–H groups in total. The van der Waals surface area contributed by atoms with Crippen LogP contribution in [0.3, 0.4) is 0 Å². The van der Waals surface area contributed by atoms with Gasteiger partial charge in [0.25, 0.3) is 5.79 Å². The molecule has 2 atom stereocenters. The fourth-order valence-electron chi connectivity index (χ4n) is 2.07. The summed E-state index contributed by atoms with van der Waals surface area (Å²) in [4.78, 5) is -1.54. The Balaban J connectivity index is 3.13. The average molecular weight is 268 g/mol. The Morgan fingerprint density at radius 2 is 1.82 bits per heavy atom. The van der Waals surface area contributed by atoms with Crippen molar-refractivity contribution < 1.29 is 30.3 Å². The van der Waals surface area contributed by atoms with E-state index in [-0.39, 0.29) is 19.4 Å². The van der Waals surface area contributed by atoms with Crippen molar-refractivity contribution in [1.29, 1.82) is 0 Å². The van der Waals surface area contributed by atoms with Crippen LogP contribution in [-0.2, 0) is 4.74 Å². The lowest BCUT2D eigenvalue weighted by Crippen LogP contribution is -2.74. The number of aliphatic hydroxyl groups is 5. The van der Waals surface area contributed by atoms with Gasteiger partial charge in [-0.25, -0.2) is 0 Å². The minimum absolute atomic E-state index is 0.0167. The van der Waals surface area contributed by atoms with Crippen molar-refractivity contribution in [2.75, 3.05) is 12.4 Å². The van der Waals surface area contributed by atoms with Gasteiger partial charge in [-0.3, -0.25) is 0 Å². The molecule has 1 rings (SSSR count). The first kappa shape index (κ1) is 15.2. The highest BCUT2D eigenvalue weighted by molar-refractivity contribution is 8.00. The van der Waals surface area contributed by atoms with Gasteiger partial charge in [0.2, 0.25) is 5.79 Å². The van der Waals surface area contributed by atoms with E-state index in [1.54, 1.807) is 13.8 Å². The molecule has 2 unspecified atom stereocenters. The van der Waals surface area contributed by atoms with Gasteiger partial charge in [0.05, 0.1) is 0 Å². The zero-order chi connectivity index (χ0) is 13.3. The molecule has 0 amide bonds. The standard InChI is InChI=1S/C10H20O6S/c1-3-16-8(17-4-2)6-5-7(11)9(12,13)10(8,14)15/h7,11-15H,3-6H2,1-2H3. The Morgan fingerprint density at radius 3 is 2.29 bits per heavy atom. The molecule has 0 bridgehead atoms. The second-order valence-electron chi connectivity index (χ2n) is 4.07. The first-order valence-corrected chi connectivity index (χ1v) is 6.59. The van der Waals surface area contributed by atoms with Crippen molar-refractivity contribution in [3.63, 3.8) is 0 Å². The molecule has 1 fully saturated rings. The smallest absolute Gasteiger partial charge is 0.261 e. The highest BCUT2D eigenvalue weighted by Crippen LogP contribution is 2.49. The van der Waals surface area contributed by atoms with Gasteiger partial charge in [-0.15, -0.1) is 11.8 Å². The molecule has 0 heterocycles. The predicted molar refractivity (Wildman–Crippen MR) is 62.1 cm³/mol. The summed E-state index contributed by atoms with van der Waals surface area (Å²) in [6, 6.07) is 0. The van der Waals surface area contributed by atoms with Crippen LogP contribution < -0.4 is 0 Å². The summed E-state index contributed by atoms with van der Waals surface area (Å²) < 4.78 is 5.34. The quantitative estimate of drug-likeness (QED) is 0.415. The SMILES string of the molecule is CCOC1(SCC)CCC(O)C(O)(O)C1(O)O. The largest absolute Gasteiger partial charge is 0.387 e. The van der Waals surface area contributed by atoms with E-state index in [1.807, 2.05) is 0 Å². The van der Waals surface area contributed by atoms with E-state index in [2.05, 4.69) is 0 Å². The number of ether oxygens (including phenoxy) is 1. The lowest BCUT2D eigenvalue weighted by atomic mass is 9.82. The third kappa shape index (κ3) is 2.21. The lowest BCUT2D eigenvalue weighted by molar-refractivity contribution is -0.431. The summed E-state index contributed by atoms with van der Waals surface area (Å²) in [7, 11) is 0. The topological polar surface area (TPSA) is 110 Å². The van der Waals surface area contributed by atoms with E-state index < -0.39 is 22.6 Å². The van der Waals surface area contributed by atoms with Crippen LogP contribution in [-0.4, -0.2) is 60.5 Å².